The zero-order valence-corrected chi connectivity index (χ0v) is 7.57. The van der Waals surface area contributed by atoms with Crippen molar-refractivity contribution in [3.63, 3.8) is 0 Å². The lowest BCUT2D eigenvalue weighted by atomic mass is 10.1. The Bertz CT molecular complexity index is 105. The molecule has 9 heavy (non-hydrogen) atoms. The predicted octanol–water partition coefficient (Wildman–Crippen LogP) is 2.69. The monoisotopic (exact) mass is 192 g/mol. The topological polar surface area (TPSA) is 12.5 Å². The predicted molar refractivity (Wildman–Crippen MR) is 41.7 cm³/mol. The molecular formula is C7H13BrO. The van der Waals surface area contributed by atoms with Gasteiger partial charge < -0.3 is 4.74 Å². The summed E-state index contributed by atoms with van der Waals surface area (Å²) in [4.78, 5) is 0. The molecule has 1 nitrogen and oxygen atoms in total. The summed E-state index contributed by atoms with van der Waals surface area (Å²) in [5, 5.41) is 0.330. The number of ether oxygens (including phenoxy) is 1. The molecule has 1 aliphatic rings. The molecule has 0 aromatic carbocycles. The van der Waals surface area contributed by atoms with Gasteiger partial charge in [-0.2, -0.15) is 0 Å². The molecule has 0 aromatic rings. The second kappa shape index (κ2) is 2.59. The van der Waals surface area contributed by atoms with Crippen molar-refractivity contribution in [1.82, 2.24) is 0 Å². The summed E-state index contributed by atoms with van der Waals surface area (Å²) in [6, 6.07) is 0. The number of hydrogen-bond donors (Lipinski definition) is 0. The van der Waals surface area contributed by atoms with Crippen LogP contribution in [0.3, 0.4) is 0 Å². The molecule has 0 spiro atoms. The number of alkyl halides is 1. The minimum Gasteiger partial charge on any atom is -0.354 e. The van der Waals surface area contributed by atoms with Crippen molar-refractivity contribution in [2.24, 2.45) is 0 Å². The molecule has 2 atom stereocenters. The molecule has 0 amide bonds. The molecule has 1 aliphatic heterocycles. The van der Waals surface area contributed by atoms with E-state index in [0.717, 1.165) is 0 Å². The van der Waals surface area contributed by atoms with Crippen molar-refractivity contribution in [1.29, 1.82) is 0 Å². The summed E-state index contributed by atoms with van der Waals surface area (Å²) >= 11 is 3.41. The molecular weight excluding hydrogens is 180 g/mol. The molecule has 0 aromatic heterocycles. The SMILES string of the molecule is CCCCC1(C)OC1Br. The van der Waals surface area contributed by atoms with E-state index in [2.05, 4.69) is 29.8 Å². The first-order valence-corrected chi connectivity index (χ1v) is 4.42. The van der Waals surface area contributed by atoms with Gasteiger partial charge in [0, 0.05) is 0 Å². The maximum Gasteiger partial charge on any atom is 0.141 e. The largest absolute Gasteiger partial charge is 0.354 e. The van der Waals surface area contributed by atoms with E-state index in [1.54, 1.807) is 0 Å². The smallest absolute Gasteiger partial charge is 0.141 e. The number of hydrogen-bond acceptors (Lipinski definition) is 1. The number of epoxide rings is 1. The van der Waals surface area contributed by atoms with Crippen LogP contribution in [0.1, 0.15) is 33.1 Å². The Hall–Kier alpha value is 0.440. The van der Waals surface area contributed by atoms with Crippen LogP contribution in [0, 0.1) is 0 Å². The van der Waals surface area contributed by atoms with Crippen LogP contribution < -0.4 is 0 Å². The lowest BCUT2D eigenvalue weighted by molar-refractivity contribution is 0.301. The van der Waals surface area contributed by atoms with Crippen LogP contribution in [0.5, 0.6) is 0 Å². The van der Waals surface area contributed by atoms with E-state index in [9.17, 15) is 0 Å². The quantitative estimate of drug-likeness (QED) is 0.495. The van der Waals surface area contributed by atoms with Crippen LogP contribution in [0.25, 0.3) is 0 Å². The first-order chi connectivity index (χ1) is 4.19. The Balaban J connectivity index is 2.13. The fraction of sp³-hybridized carbons (Fsp3) is 1.00. The second-order valence-electron chi connectivity index (χ2n) is 2.85. The first-order valence-electron chi connectivity index (χ1n) is 3.51. The van der Waals surface area contributed by atoms with Crippen molar-refractivity contribution in [3.05, 3.63) is 0 Å². The van der Waals surface area contributed by atoms with Gasteiger partial charge in [0.2, 0.25) is 0 Å². The van der Waals surface area contributed by atoms with E-state index in [-0.39, 0.29) is 5.60 Å². The summed E-state index contributed by atoms with van der Waals surface area (Å²) in [5.41, 5.74) is 0.177. The van der Waals surface area contributed by atoms with E-state index >= 15 is 0 Å². The van der Waals surface area contributed by atoms with Gasteiger partial charge in [-0.15, -0.1) is 0 Å². The average molecular weight is 193 g/mol. The third-order valence-corrected chi connectivity index (χ3v) is 2.98. The zero-order chi connectivity index (χ0) is 6.91. The van der Waals surface area contributed by atoms with Crippen LogP contribution in [0.4, 0.5) is 0 Å². The minimum absolute atomic E-state index is 0.177. The molecule has 0 bridgehead atoms. The van der Waals surface area contributed by atoms with Gasteiger partial charge in [0.1, 0.15) is 10.6 Å². The molecule has 1 rings (SSSR count). The third-order valence-electron chi connectivity index (χ3n) is 1.82. The second-order valence-corrected chi connectivity index (χ2v) is 3.68. The van der Waals surface area contributed by atoms with Crippen LogP contribution >= 0.6 is 15.9 Å². The average Bonchev–Trinajstić information content (AvgIpc) is 2.38. The Labute approximate surface area is 64.9 Å². The highest BCUT2D eigenvalue weighted by Gasteiger charge is 2.49. The molecule has 1 saturated heterocycles. The van der Waals surface area contributed by atoms with Crippen LogP contribution in [-0.4, -0.2) is 10.6 Å². The molecule has 0 radical (unpaired) electrons. The van der Waals surface area contributed by atoms with E-state index in [1.165, 1.54) is 19.3 Å². The molecule has 2 unspecified atom stereocenters. The van der Waals surface area contributed by atoms with E-state index < -0.39 is 0 Å². The fourth-order valence-corrected chi connectivity index (χ4v) is 1.56. The Morgan fingerprint density at radius 3 is 2.56 bits per heavy atom. The fourth-order valence-electron chi connectivity index (χ4n) is 0.903. The molecule has 0 N–H and O–H groups in total. The number of halogens is 1. The minimum atomic E-state index is 0.177. The van der Waals surface area contributed by atoms with Gasteiger partial charge in [0.05, 0.1) is 0 Å². The van der Waals surface area contributed by atoms with Crippen molar-refractivity contribution in [2.75, 3.05) is 0 Å². The lowest BCUT2D eigenvalue weighted by Crippen LogP contribution is -2.05. The van der Waals surface area contributed by atoms with Gasteiger partial charge in [-0.3, -0.25) is 0 Å². The third kappa shape index (κ3) is 1.68. The number of rotatable bonds is 3. The Kier molecular flexibility index (Phi) is 2.17. The molecule has 0 aliphatic carbocycles. The van der Waals surface area contributed by atoms with Gasteiger partial charge in [0.25, 0.3) is 0 Å². The molecule has 2 heteroatoms. The summed E-state index contributed by atoms with van der Waals surface area (Å²) in [5.74, 6) is 0. The van der Waals surface area contributed by atoms with Gasteiger partial charge in [-0.1, -0.05) is 35.7 Å². The van der Waals surface area contributed by atoms with E-state index in [1.807, 2.05) is 0 Å². The first kappa shape index (κ1) is 7.55. The Morgan fingerprint density at radius 2 is 2.22 bits per heavy atom. The van der Waals surface area contributed by atoms with Crippen LogP contribution in [0.15, 0.2) is 0 Å². The van der Waals surface area contributed by atoms with Crippen molar-refractivity contribution < 1.29 is 4.74 Å². The molecule has 54 valence electrons. The van der Waals surface area contributed by atoms with E-state index in [4.69, 9.17) is 4.74 Å². The molecule has 0 saturated carbocycles. The van der Waals surface area contributed by atoms with Crippen LogP contribution in [-0.2, 0) is 4.74 Å². The van der Waals surface area contributed by atoms with Gasteiger partial charge in [0.15, 0.2) is 0 Å². The van der Waals surface area contributed by atoms with Crippen molar-refractivity contribution in [3.8, 4) is 0 Å². The highest BCUT2D eigenvalue weighted by Crippen LogP contribution is 2.44. The van der Waals surface area contributed by atoms with Crippen molar-refractivity contribution >= 4 is 15.9 Å². The maximum atomic E-state index is 5.32. The van der Waals surface area contributed by atoms with Crippen molar-refractivity contribution in [2.45, 2.75) is 43.7 Å². The lowest BCUT2D eigenvalue weighted by Gasteiger charge is -2.00. The standard InChI is InChI=1S/C7H13BrO/c1-3-4-5-7(2)6(8)9-7/h6H,3-5H2,1-2H3. The highest BCUT2D eigenvalue weighted by atomic mass is 79.9. The normalized spacial score (nSPS) is 41.0. The van der Waals surface area contributed by atoms with Gasteiger partial charge in [-0.25, -0.2) is 0 Å². The summed E-state index contributed by atoms with van der Waals surface area (Å²) in [6.07, 6.45) is 3.73. The summed E-state index contributed by atoms with van der Waals surface area (Å²) in [7, 11) is 0. The Morgan fingerprint density at radius 1 is 1.67 bits per heavy atom. The summed E-state index contributed by atoms with van der Waals surface area (Å²) < 4.78 is 5.32. The summed E-state index contributed by atoms with van der Waals surface area (Å²) in [6.45, 7) is 4.36. The van der Waals surface area contributed by atoms with Gasteiger partial charge >= 0.3 is 0 Å². The van der Waals surface area contributed by atoms with Gasteiger partial charge in [-0.05, 0) is 13.3 Å². The maximum absolute atomic E-state index is 5.32. The number of unbranched alkanes of at least 4 members (excludes halogenated alkanes) is 1. The van der Waals surface area contributed by atoms with E-state index in [0.29, 0.717) is 5.01 Å². The molecule has 1 heterocycles. The highest BCUT2D eigenvalue weighted by molar-refractivity contribution is 9.09. The van der Waals surface area contributed by atoms with Crippen LogP contribution in [0.2, 0.25) is 0 Å². The zero-order valence-electron chi connectivity index (χ0n) is 5.98. The molecule has 1 fully saturated rings.